The van der Waals surface area contributed by atoms with Gasteiger partial charge in [-0.25, -0.2) is 4.39 Å². The van der Waals surface area contributed by atoms with Crippen LogP contribution in [0.15, 0.2) is 36.4 Å². The van der Waals surface area contributed by atoms with Crippen LogP contribution in [0.4, 0.5) is 4.39 Å². The van der Waals surface area contributed by atoms with Gasteiger partial charge in [-0.1, -0.05) is 18.2 Å². The van der Waals surface area contributed by atoms with Gasteiger partial charge in [-0.2, -0.15) is 0 Å². The zero-order valence-electron chi connectivity index (χ0n) is 16.5. The number of aliphatic hydroxyl groups excluding tert-OH is 1. The van der Waals surface area contributed by atoms with Crippen molar-refractivity contribution in [3.05, 3.63) is 70.0 Å². The lowest BCUT2D eigenvalue weighted by Crippen LogP contribution is -2.52. The average molecular weight is 425 g/mol. The fourth-order valence-electron chi connectivity index (χ4n) is 3.83. The van der Waals surface area contributed by atoms with E-state index < -0.39 is 29.6 Å². The number of aliphatic hydroxyl groups is 1. The van der Waals surface area contributed by atoms with Crippen molar-refractivity contribution < 1.29 is 28.7 Å². The Bertz CT molecular complexity index is 1080. The molecule has 0 aliphatic carbocycles. The van der Waals surface area contributed by atoms with Crippen molar-refractivity contribution in [2.75, 3.05) is 0 Å². The number of fused-ring (bicyclic) bond motifs is 1. The molecular formula is C22H20FN3O5. The van der Waals surface area contributed by atoms with Gasteiger partial charge >= 0.3 is 0 Å². The van der Waals surface area contributed by atoms with Crippen LogP contribution in [0.25, 0.3) is 0 Å². The Balaban J connectivity index is 1.47. The summed E-state index contributed by atoms with van der Waals surface area (Å²) in [6, 6.07) is 8.49. The summed E-state index contributed by atoms with van der Waals surface area (Å²) in [4.78, 5) is 49.7. The molecule has 9 heteroatoms. The summed E-state index contributed by atoms with van der Waals surface area (Å²) in [5.74, 6) is -2.40. The van der Waals surface area contributed by atoms with E-state index in [1.807, 2.05) is 0 Å². The van der Waals surface area contributed by atoms with Gasteiger partial charge in [-0.3, -0.25) is 24.5 Å². The number of piperidine rings is 1. The van der Waals surface area contributed by atoms with E-state index in [2.05, 4.69) is 10.6 Å². The second-order valence-electron chi connectivity index (χ2n) is 7.50. The van der Waals surface area contributed by atoms with Gasteiger partial charge in [0, 0.05) is 35.2 Å². The molecule has 2 heterocycles. The monoisotopic (exact) mass is 425 g/mol. The Labute approximate surface area is 177 Å². The maximum absolute atomic E-state index is 15.1. The van der Waals surface area contributed by atoms with Gasteiger partial charge < -0.3 is 15.3 Å². The number of hydrogen-bond donors (Lipinski definition) is 3. The third-order valence-electron chi connectivity index (χ3n) is 5.57. The summed E-state index contributed by atoms with van der Waals surface area (Å²) in [6.45, 7) is -0.278. The molecule has 2 aliphatic heterocycles. The fraction of sp³-hybridized carbons (Fsp3) is 0.273. The molecule has 160 valence electrons. The van der Waals surface area contributed by atoms with Crippen molar-refractivity contribution in [2.45, 2.75) is 38.6 Å². The number of amides is 4. The Morgan fingerprint density at radius 1 is 1.16 bits per heavy atom. The summed E-state index contributed by atoms with van der Waals surface area (Å²) in [5, 5.41) is 13.9. The molecule has 0 radical (unpaired) electrons. The van der Waals surface area contributed by atoms with E-state index in [4.69, 9.17) is 5.11 Å². The highest BCUT2D eigenvalue weighted by Gasteiger charge is 2.40. The highest BCUT2D eigenvalue weighted by Crippen LogP contribution is 2.30. The molecule has 1 atom stereocenters. The van der Waals surface area contributed by atoms with E-state index in [0.717, 1.165) is 0 Å². The molecule has 0 aromatic heterocycles. The number of benzene rings is 2. The number of halogens is 1. The van der Waals surface area contributed by atoms with Gasteiger partial charge in [-0.15, -0.1) is 0 Å². The number of nitrogens with one attached hydrogen (secondary N) is 2. The van der Waals surface area contributed by atoms with Crippen LogP contribution in [-0.4, -0.2) is 39.7 Å². The van der Waals surface area contributed by atoms with Crippen LogP contribution in [0, 0.1) is 5.82 Å². The highest BCUT2D eigenvalue weighted by atomic mass is 19.1. The molecule has 1 saturated heterocycles. The fourth-order valence-corrected chi connectivity index (χ4v) is 3.83. The SMILES string of the molecule is O=C1CCC(N2Cc3c(ccc(CNC(=O)c4ccc(CO)cc4)c3F)C2=O)C(=O)N1. The number of imide groups is 1. The van der Waals surface area contributed by atoms with Gasteiger partial charge in [0.15, 0.2) is 0 Å². The van der Waals surface area contributed by atoms with Crippen LogP contribution < -0.4 is 10.6 Å². The Morgan fingerprint density at radius 3 is 2.58 bits per heavy atom. The second kappa shape index (κ2) is 8.27. The summed E-state index contributed by atoms with van der Waals surface area (Å²) < 4.78 is 15.1. The number of hydrogen-bond acceptors (Lipinski definition) is 5. The lowest BCUT2D eigenvalue weighted by molar-refractivity contribution is -0.136. The van der Waals surface area contributed by atoms with Crippen molar-refractivity contribution in [2.24, 2.45) is 0 Å². The first-order valence-corrected chi connectivity index (χ1v) is 9.82. The smallest absolute Gasteiger partial charge is 0.255 e. The van der Waals surface area contributed by atoms with Crippen molar-refractivity contribution >= 4 is 23.6 Å². The van der Waals surface area contributed by atoms with Crippen molar-refractivity contribution in [1.82, 2.24) is 15.5 Å². The summed E-state index contributed by atoms with van der Waals surface area (Å²) in [6.07, 6.45) is 0.319. The van der Waals surface area contributed by atoms with Gasteiger partial charge in [0.2, 0.25) is 11.8 Å². The predicted molar refractivity (Wildman–Crippen MR) is 106 cm³/mol. The Hall–Kier alpha value is -3.59. The first-order valence-electron chi connectivity index (χ1n) is 9.82. The minimum absolute atomic E-state index is 0.0727. The molecule has 1 fully saturated rings. The topological polar surface area (TPSA) is 116 Å². The zero-order chi connectivity index (χ0) is 22.1. The number of carbonyl (C=O) groups is 4. The van der Waals surface area contributed by atoms with Crippen LogP contribution in [0.2, 0.25) is 0 Å². The standard InChI is InChI=1S/C22H20FN3O5/c23-19-14(9-24-20(29)13-3-1-12(11-27)2-4-13)5-6-15-16(19)10-26(22(15)31)17-7-8-18(28)25-21(17)30/h1-6,17,27H,7-11H2,(H,24,29)(H,25,28,30). The lowest BCUT2D eigenvalue weighted by atomic mass is 10.0. The minimum atomic E-state index is -0.818. The third kappa shape index (κ3) is 3.91. The van der Waals surface area contributed by atoms with Crippen LogP contribution in [0.3, 0.4) is 0 Å². The zero-order valence-corrected chi connectivity index (χ0v) is 16.5. The Morgan fingerprint density at radius 2 is 1.90 bits per heavy atom. The summed E-state index contributed by atoms with van der Waals surface area (Å²) in [7, 11) is 0. The third-order valence-corrected chi connectivity index (χ3v) is 5.57. The van der Waals surface area contributed by atoms with Gasteiger partial charge in [-0.05, 0) is 30.2 Å². The largest absolute Gasteiger partial charge is 0.392 e. The van der Waals surface area contributed by atoms with Gasteiger partial charge in [0.25, 0.3) is 11.8 Å². The first kappa shape index (κ1) is 20.7. The quantitative estimate of drug-likeness (QED) is 0.619. The van der Waals surface area contributed by atoms with E-state index in [1.165, 1.54) is 17.0 Å². The van der Waals surface area contributed by atoms with E-state index in [9.17, 15) is 19.2 Å². The minimum Gasteiger partial charge on any atom is -0.392 e. The molecular weight excluding hydrogens is 405 g/mol. The highest BCUT2D eigenvalue weighted by molar-refractivity contribution is 6.05. The number of nitrogens with zero attached hydrogens (tertiary/aromatic N) is 1. The molecule has 0 bridgehead atoms. The molecule has 0 spiro atoms. The normalized spacial score (nSPS) is 18.1. The average Bonchev–Trinajstić information content (AvgIpc) is 3.10. The summed E-state index contributed by atoms with van der Waals surface area (Å²) >= 11 is 0. The summed E-state index contributed by atoms with van der Waals surface area (Å²) in [5.41, 5.74) is 1.62. The number of rotatable bonds is 5. The van der Waals surface area contributed by atoms with E-state index in [1.54, 1.807) is 24.3 Å². The molecule has 3 N–H and O–H groups in total. The second-order valence-corrected chi connectivity index (χ2v) is 7.50. The van der Waals surface area contributed by atoms with Crippen molar-refractivity contribution in [1.29, 1.82) is 0 Å². The van der Waals surface area contributed by atoms with Gasteiger partial charge in [0.05, 0.1) is 13.2 Å². The van der Waals surface area contributed by atoms with Crippen molar-refractivity contribution in [3.8, 4) is 0 Å². The van der Waals surface area contributed by atoms with Crippen LogP contribution in [0.1, 0.15) is 50.2 Å². The Kier molecular flexibility index (Phi) is 5.51. The maximum atomic E-state index is 15.1. The van der Waals surface area contributed by atoms with E-state index in [0.29, 0.717) is 11.1 Å². The van der Waals surface area contributed by atoms with Crippen LogP contribution in [0.5, 0.6) is 0 Å². The van der Waals surface area contributed by atoms with Crippen LogP contribution >= 0.6 is 0 Å². The molecule has 2 aliphatic rings. The molecule has 4 rings (SSSR count). The van der Waals surface area contributed by atoms with Gasteiger partial charge in [0.1, 0.15) is 11.9 Å². The molecule has 2 aromatic rings. The van der Waals surface area contributed by atoms with Crippen LogP contribution in [-0.2, 0) is 29.3 Å². The first-order chi connectivity index (χ1) is 14.9. The molecule has 4 amide bonds. The maximum Gasteiger partial charge on any atom is 0.255 e. The predicted octanol–water partition coefficient (Wildman–Crippen LogP) is 1.01. The molecule has 8 nitrogen and oxygen atoms in total. The molecule has 1 unspecified atom stereocenters. The lowest BCUT2D eigenvalue weighted by Gasteiger charge is -2.29. The molecule has 0 saturated carbocycles. The molecule has 31 heavy (non-hydrogen) atoms. The molecule has 2 aromatic carbocycles. The van der Waals surface area contributed by atoms with Crippen molar-refractivity contribution in [3.63, 3.8) is 0 Å². The van der Waals surface area contributed by atoms with E-state index in [-0.39, 0.29) is 55.1 Å². The van der Waals surface area contributed by atoms with E-state index >= 15 is 4.39 Å². The number of carbonyl (C=O) groups excluding carboxylic acids is 4.